The zero-order valence-corrected chi connectivity index (χ0v) is 10.8. The summed E-state index contributed by atoms with van der Waals surface area (Å²) in [4.78, 5) is 4.43. The van der Waals surface area contributed by atoms with Crippen LogP contribution in [0.1, 0.15) is 12.6 Å². The summed E-state index contributed by atoms with van der Waals surface area (Å²) in [6.45, 7) is 7.92. The lowest BCUT2D eigenvalue weighted by molar-refractivity contribution is 0.112. The number of nitrogens with two attached hydrogens (primary N) is 1. The summed E-state index contributed by atoms with van der Waals surface area (Å²) < 4.78 is 9.29. The summed E-state index contributed by atoms with van der Waals surface area (Å²) in [6, 6.07) is 0. The highest BCUT2D eigenvalue weighted by molar-refractivity contribution is 5.78. The zero-order chi connectivity index (χ0) is 12.7. The van der Waals surface area contributed by atoms with Gasteiger partial charge in [-0.15, -0.1) is 0 Å². The Morgan fingerprint density at radius 1 is 1.33 bits per heavy atom. The molecule has 2 N–H and O–H groups in total. The number of rotatable bonds is 2. The predicted octanol–water partition coefficient (Wildman–Crippen LogP) is 0.112. The van der Waals surface area contributed by atoms with E-state index in [0.717, 1.165) is 49.7 Å². The first-order valence-electron chi connectivity index (χ1n) is 6.26. The molecule has 0 radical (unpaired) electrons. The average Bonchev–Trinajstić information content (AvgIpc) is 2.88. The van der Waals surface area contributed by atoms with Gasteiger partial charge in [0.1, 0.15) is 5.52 Å². The Balaban J connectivity index is 2.16. The first-order chi connectivity index (χ1) is 8.72. The van der Waals surface area contributed by atoms with Crippen molar-refractivity contribution in [2.75, 3.05) is 37.0 Å². The molecule has 1 saturated heterocycles. The van der Waals surface area contributed by atoms with Crippen molar-refractivity contribution >= 4 is 17.1 Å². The topological polar surface area (TPSA) is 74.1 Å². The monoisotopic (exact) mass is 250 g/mol. The van der Waals surface area contributed by atoms with Crippen LogP contribution in [0.3, 0.4) is 0 Å². The Labute approximate surface area is 105 Å². The van der Waals surface area contributed by atoms with Crippen molar-refractivity contribution in [1.82, 2.24) is 19.4 Å². The number of fused-ring (bicyclic) bond motifs is 1. The predicted molar refractivity (Wildman–Crippen MR) is 69.1 cm³/mol. The third kappa shape index (κ3) is 1.54. The van der Waals surface area contributed by atoms with E-state index in [1.54, 1.807) is 0 Å². The first-order valence-corrected chi connectivity index (χ1v) is 6.26. The highest BCUT2D eigenvalue weighted by Crippen LogP contribution is 2.21. The SMILES string of the molecule is CCn1nc(C)c2nc(N)n(N3CCOCC3)c21. The Morgan fingerprint density at radius 3 is 2.72 bits per heavy atom. The minimum absolute atomic E-state index is 0.523. The Morgan fingerprint density at radius 2 is 2.06 bits per heavy atom. The maximum Gasteiger partial charge on any atom is 0.222 e. The third-order valence-corrected chi connectivity index (χ3v) is 3.28. The molecule has 18 heavy (non-hydrogen) atoms. The van der Waals surface area contributed by atoms with E-state index in [2.05, 4.69) is 22.0 Å². The number of nitrogen functional groups attached to an aromatic ring is 1. The molecule has 1 aliphatic rings. The van der Waals surface area contributed by atoms with E-state index < -0.39 is 0 Å². The number of ether oxygens (including phenoxy) is 1. The highest BCUT2D eigenvalue weighted by Gasteiger charge is 2.22. The molecule has 7 heteroatoms. The van der Waals surface area contributed by atoms with E-state index in [-0.39, 0.29) is 0 Å². The molecule has 0 spiro atoms. The molecule has 2 aromatic rings. The molecular weight excluding hydrogens is 232 g/mol. The fourth-order valence-corrected chi connectivity index (χ4v) is 2.42. The quantitative estimate of drug-likeness (QED) is 0.819. The second-order valence-electron chi connectivity index (χ2n) is 4.42. The minimum atomic E-state index is 0.523. The number of hydrogen-bond donors (Lipinski definition) is 1. The number of aromatic nitrogens is 4. The molecular formula is C11H18N6O. The van der Waals surface area contributed by atoms with Gasteiger partial charge in [-0.25, -0.2) is 14.3 Å². The summed E-state index contributed by atoms with van der Waals surface area (Å²) in [6.07, 6.45) is 0. The van der Waals surface area contributed by atoms with Gasteiger partial charge < -0.3 is 15.5 Å². The molecule has 0 atom stereocenters. The van der Waals surface area contributed by atoms with Gasteiger partial charge in [0, 0.05) is 6.54 Å². The second-order valence-corrected chi connectivity index (χ2v) is 4.42. The van der Waals surface area contributed by atoms with Crippen LogP contribution in [-0.2, 0) is 11.3 Å². The molecule has 3 rings (SSSR count). The van der Waals surface area contributed by atoms with Crippen LogP contribution in [0.5, 0.6) is 0 Å². The third-order valence-electron chi connectivity index (χ3n) is 3.28. The van der Waals surface area contributed by atoms with Crippen molar-refractivity contribution < 1.29 is 4.74 Å². The second kappa shape index (κ2) is 4.16. The minimum Gasteiger partial charge on any atom is -0.378 e. The van der Waals surface area contributed by atoms with Crippen LogP contribution in [-0.4, -0.2) is 45.7 Å². The van der Waals surface area contributed by atoms with E-state index in [0.29, 0.717) is 5.95 Å². The molecule has 0 saturated carbocycles. The highest BCUT2D eigenvalue weighted by atomic mass is 16.5. The Hall–Kier alpha value is -1.76. The molecule has 1 aliphatic heterocycles. The van der Waals surface area contributed by atoms with Crippen molar-refractivity contribution in [2.45, 2.75) is 20.4 Å². The van der Waals surface area contributed by atoms with Crippen molar-refractivity contribution in [3.63, 3.8) is 0 Å². The lowest BCUT2D eigenvalue weighted by Gasteiger charge is -2.30. The van der Waals surface area contributed by atoms with Gasteiger partial charge in [-0.1, -0.05) is 0 Å². The van der Waals surface area contributed by atoms with Gasteiger partial charge in [0.25, 0.3) is 0 Å². The van der Waals surface area contributed by atoms with Crippen LogP contribution < -0.4 is 10.7 Å². The molecule has 0 bridgehead atoms. The van der Waals surface area contributed by atoms with Crippen LogP contribution in [0, 0.1) is 6.92 Å². The first kappa shape index (κ1) is 11.3. The molecule has 3 heterocycles. The van der Waals surface area contributed by atoms with E-state index in [1.807, 2.05) is 16.3 Å². The van der Waals surface area contributed by atoms with Crippen molar-refractivity contribution in [1.29, 1.82) is 0 Å². The van der Waals surface area contributed by atoms with Crippen LogP contribution in [0.4, 0.5) is 5.95 Å². The molecule has 0 amide bonds. The smallest absolute Gasteiger partial charge is 0.222 e. The number of anilines is 1. The summed E-state index contributed by atoms with van der Waals surface area (Å²) in [5.74, 6) is 0.523. The van der Waals surface area contributed by atoms with Gasteiger partial charge >= 0.3 is 0 Å². The molecule has 98 valence electrons. The zero-order valence-electron chi connectivity index (χ0n) is 10.8. The van der Waals surface area contributed by atoms with E-state index in [1.165, 1.54) is 0 Å². The Kier molecular flexibility index (Phi) is 2.62. The van der Waals surface area contributed by atoms with Crippen molar-refractivity contribution in [3.05, 3.63) is 5.69 Å². The van der Waals surface area contributed by atoms with Crippen LogP contribution in [0.15, 0.2) is 0 Å². The number of aryl methyl sites for hydroxylation is 2. The average molecular weight is 250 g/mol. The van der Waals surface area contributed by atoms with Crippen LogP contribution in [0.25, 0.3) is 11.2 Å². The van der Waals surface area contributed by atoms with Gasteiger partial charge in [0.15, 0.2) is 5.65 Å². The van der Waals surface area contributed by atoms with E-state index in [4.69, 9.17) is 10.5 Å². The summed E-state index contributed by atoms with van der Waals surface area (Å²) in [7, 11) is 0. The van der Waals surface area contributed by atoms with Gasteiger partial charge in [-0.3, -0.25) is 0 Å². The fourth-order valence-electron chi connectivity index (χ4n) is 2.42. The number of morpholine rings is 1. The molecule has 0 aromatic carbocycles. The normalized spacial score (nSPS) is 16.7. The number of hydrogen-bond acceptors (Lipinski definition) is 5. The van der Waals surface area contributed by atoms with E-state index >= 15 is 0 Å². The molecule has 2 aromatic heterocycles. The van der Waals surface area contributed by atoms with Gasteiger partial charge in [-0.2, -0.15) is 5.10 Å². The van der Waals surface area contributed by atoms with Gasteiger partial charge in [0.05, 0.1) is 32.0 Å². The van der Waals surface area contributed by atoms with Crippen molar-refractivity contribution in [3.8, 4) is 0 Å². The largest absolute Gasteiger partial charge is 0.378 e. The standard InChI is InChI=1S/C11H18N6O/c1-3-16-10-9(8(2)14-16)13-11(12)17(10)15-4-6-18-7-5-15/h3-7H2,1-2H3,(H2,12,13). The summed E-state index contributed by atoms with van der Waals surface area (Å²) >= 11 is 0. The fraction of sp³-hybridized carbons (Fsp3) is 0.636. The maximum absolute atomic E-state index is 6.05. The summed E-state index contributed by atoms with van der Waals surface area (Å²) in [5.41, 5.74) is 8.84. The van der Waals surface area contributed by atoms with Crippen LogP contribution >= 0.6 is 0 Å². The number of imidazole rings is 1. The van der Waals surface area contributed by atoms with Crippen molar-refractivity contribution in [2.24, 2.45) is 0 Å². The molecule has 0 unspecified atom stereocenters. The number of nitrogens with zero attached hydrogens (tertiary/aromatic N) is 5. The molecule has 7 nitrogen and oxygen atoms in total. The Bertz CT molecular complexity index is 566. The molecule has 0 aliphatic carbocycles. The maximum atomic E-state index is 6.05. The van der Waals surface area contributed by atoms with Gasteiger partial charge in [-0.05, 0) is 13.8 Å². The molecule has 1 fully saturated rings. The lowest BCUT2D eigenvalue weighted by atomic mass is 10.4. The lowest BCUT2D eigenvalue weighted by Crippen LogP contribution is -2.44. The summed E-state index contributed by atoms with van der Waals surface area (Å²) in [5, 5.41) is 6.65. The van der Waals surface area contributed by atoms with Gasteiger partial charge in [0.2, 0.25) is 5.95 Å². The van der Waals surface area contributed by atoms with Crippen LogP contribution in [0.2, 0.25) is 0 Å². The van der Waals surface area contributed by atoms with E-state index in [9.17, 15) is 0 Å².